The number of alkyl halides is 2. The third kappa shape index (κ3) is 4.91. The van der Waals surface area contributed by atoms with Crippen LogP contribution in [0.5, 0.6) is 5.75 Å². The lowest BCUT2D eigenvalue weighted by Gasteiger charge is -2.18. The monoisotopic (exact) mass is 482 g/mol. The molecule has 0 radical (unpaired) electrons. The molecule has 0 bridgehead atoms. The number of rotatable bonds is 7. The zero-order chi connectivity index (χ0) is 25.2. The number of aromatic carboxylic acids is 1. The molecule has 0 heterocycles. The van der Waals surface area contributed by atoms with Crippen LogP contribution in [0.3, 0.4) is 0 Å². The highest BCUT2D eigenvalue weighted by Gasteiger charge is 2.39. The molecule has 0 aliphatic heterocycles. The van der Waals surface area contributed by atoms with Crippen LogP contribution in [0.25, 0.3) is 11.1 Å². The van der Waals surface area contributed by atoms with Gasteiger partial charge in [-0.05, 0) is 34.4 Å². The molecule has 180 valence electrons. The number of anilines is 1. The molecule has 1 aliphatic carbocycles. The second-order valence-corrected chi connectivity index (χ2v) is 7.87. The first-order valence-corrected chi connectivity index (χ1v) is 10.5. The lowest BCUT2D eigenvalue weighted by atomic mass is 9.98. The van der Waals surface area contributed by atoms with Crippen LogP contribution >= 0.6 is 0 Å². The zero-order valence-electron chi connectivity index (χ0n) is 18.1. The highest BCUT2D eigenvalue weighted by Crippen LogP contribution is 2.44. The summed E-state index contributed by atoms with van der Waals surface area (Å²) in [5.41, 5.74) is 3.27. The Hall–Kier alpha value is -4.47. The first kappa shape index (κ1) is 23.7. The molecule has 0 atom stereocenters. The molecule has 0 saturated heterocycles. The molecule has 10 heteroatoms. The molecule has 0 unspecified atom stereocenters. The van der Waals surface area contributed by atoms with Crippen molar-refractivity contribution in [2.75, 3.05) is 18.5 Å². The van der Waals surface area contributed by atoms with Gasteiger partial charge in [-0.1, -0.05) is 48.5 Å². The number of phenols is 1. The summed E-state index contributed by atoms with van der Waals surface area (Å²) in [5, 5.41) is 22.3. The van der Waals surface area contributed by atoms with Crippen molar-refractivity contribution >= 4 is 23.7 Å². The van der Waals surface area contributed by atoms with Gasteiger partial charge in [-0.15, -0.1) is 0 Å². The summed E-state index contributed by atoms with van der Waals surface area (Å²) in [4.78, 5) is 35.0. The summed E-state index contributed by atoms with van der Waals surface area (Å²) in [6, 6.07) is 18.1. The number of hydrogen-bond acceptors (Lipinski definition) is 5. The fourth-order valence-corrected chi connectivity index (χ4v) is 3.93. The van der Waals surface area contributed by atoms with Crippen LogP contribution in [0.1, 0.15) is 27.4 Å². The van der Waals surface area contributed by atoms with Crippen molar-refractivity contribution in [2.45, 2.75) is 11.8 Å². The first-order chi connectivity index (χ1) is 16.7. The summed E-state index contributed by atoms with van der Waals surface area (Å²) < 4.78 is 33.7. The molecule has 0 spiro atoms. The first-order valence-electron chi connectivity index (χ1n) is 10.5. The zero-order valence-corrected chi connectivity index (χ0v) is 18.1. The average molecular weight is 482 g/mol. The predicted molar refractivity (Wildman–Crippen MR) is 122 cm³/mol. The quantitative estimate of drug-likeness (QED) is 0.400. The maximum Gasteiger partial charge on any atom is 0.407 e. The van der Waals surface area contributed by atoms with Crippen molar-refractivity contribution in [3.05, 3.63) is 83.4 Å². The van der Waals surface area contributed by atoms with Crippen LogP contribution in [0.4, 0.5) is 19.3 Å². The minimum Gasteiger partial charge on any atom is -0.507 e. The number of halogens is 2. The van der Waals surface area contributed by atoms with Gasteiger partial charge >= 0.3 is 18.0 Å². The van der Waals surface area contributed by atoms with Crippen LogP contribution < -0.4 is 10.6 Å². The molecule has 1 aliphatic rings. The Kier molecular flexibility index (Phi) is 6.37. The van der Waals surface area contributed by atoms with E-state index in [0.717, 1.165) is 40.5 Å². The molecule has 2 amide bonds. The SMILES string of the molecule is O=C(NCC(F)(F)C(=O)Nc1ccc(C(=O)O)c(O)c1)OCC1c2ccccc2-c2ccccc21. The van der Waals surface area contributed by atoms with Crippen molar-refractivity contribution in [3.63, 3.8) is 0 Å². The van der Waals surface area contributed by atoms with E-state index < -0.39 is 41.7 Å². The molecule has 3 aromatic carbocycles. The molecule has 0 saturated carbocycles. The number of amides is 2. The predicted octanol–water partition coefficient (Wildman–Crippen LogP) is 4.20. The van der Waals surface area contributed by atoms with Crippen molar-refractivity contribution in [2.24, 2.45) is 0 Å². The van der Waals surface area contributed by atoms with E-state index in [-0.39, 0.29) is 18.2 Å². The number of carbonyl (C=O) groups excluding carboxylic acids is 2. The van der Waals surface area contributed by atoms with Crippen LogP contribution in [-0.4, -0.2) is 47.3 Å². The Bertz CT molecular complexity index is 1270. The van der Waals surface area contributed by atoms with Crippen LogP contribution in [-0.2, 0) is 9.53 Å². The maximum atomic E-state index is 14.3. The van der Waals surface area contributed by atoms with E-state index in [9.17, 15) is 28.3 Å². The summed E-state index contributed by atoms with van der Waals surface area (Å²) in [6.07, 6.45) is -1.11. The van der Waals surface area contributed by atoms with E-state index in [1.807, 2.05) is 59.2 Å². The molecule has 0 fully saturated rings. The van der Waals surface area contributed by atoms with Crippen molar-refractivity contribution in [1.29, 1.82) is 0 Å². The topological polar surface area (TPSA) is 125 Å². The summed E-state index contributed by atoms with van der Waals surface area (Å²) in [6.45, 7) is -1.40. The maximum absolute atomic E-state index is 14.3. The van der Waals surface area contributed by atoms with E-state index in [1.54, 1.807) is 0 Å². The van der Waals surface area contributed by atoms with E-state index in [1.165, 1.54) is 0 Å². The third-order valence-electron chi connectivity index (χ3n) is 5.62. The van der Waals surface area contributed by atoms with E-state index >= 15 is 0 Å². The normalized spacial score (nSPS) is 12.4. The number of aromatic hydroxyl groups is 1. The number of carbonyl (C=O) groups is 3. The second-order valence-electron chi connectivity index (χ2n) is 7.87. The third-order valence-corrected chi connectivity index (χ3v) is 5.62. The smallest absolute Gasteiger partial charge is 0.407 e. The minimum absolute atomic E-state index is 0.0766. The number of carboxylic acids is 1. The van der Waals surface area contributed by atoms with Gasteiger partial charge in [0.1, 0.15) is 17.9 Å². The molecule has 3 aromatic rings. The van der Waals surface area contributed by atoms with Gasteiger partial charge < -0.3 is 25.6 Å². The molecule has 8 nitrogen and oxygen atoms in total. The Morgan fingerprint density at radius 3 is 2.11 bits per heavy atom. The van der Waals surface area contributed by atoms with Crippen molar-refractivity contribution in [3.8, 4) is 16.9 Å². The molecule has 35 heavy (non-hydrogen) atoms. The Balaban J connectivity index is 1.33. The van der Waals surface area contributed by atoms with E-state index in [2.05, 4.69) is 0 Å². The fourth-order valence-electron chi connectivity index (χ4n) is 3.93. The number of fused-ring (bicyclic) bond motifs is 3. The van der Waals surface area contributed by atoms with Gasteiger partial charge in [-0.25, -0.2) is 9.59 Å². The number of ether oxygens (including phenoxy) is 1. The van der Waals surface area contributed by atoms with Gasteiger partial charge in [-0.2, -0.15) is 8.78 Å². The summed E-state index contributed by atoms with van der Waals surface area (Å²) in [7, 11) is 0. The van der Waals surface area contributed by atoms with Crippen LogP contribution in [0.2, 0.25) is 0 Å². The van der Waals surface area contributed by atoms with Gasteiger partial charge in [0.2, 0.25) is 0 Å². The standard InChI is InChI=1S/C25H20F2N2O6/c26-25(27,23(33)29-14-9-10-19(22(31)32)21(30)11-14)13-28-24(34)35-12-20-17-7-3-1-5-15(17)16-6-2-4-8-18(16)20/h1-11,20,30H,12-13H2,(H,28,34)(H,29,33)(H,31,32). The molecular formula is C25H20F2N2O6. The number of benzene rings is 3. The number of carboxylic acid groups (broad SMARTS) is 1. The molecule has 4 N–H and O–H groups in total. The van der Waals surface area contributed by atoms with Crippen molar-refractivity contribution < 1.29 is 38.1 Å². The lowest BCUT2D eigenvalue weighted by molar-refractivity contribution is -0.138. The highest BCUT2D eigenvalue weighted by atomic mass is 19.3. The lowest BCUT2D eigenvalue weighted by Crippen LogP contribution is -2.45. The van der Waals surface area contributed by atoms with Gasteiger partial charge in [0.25, 0.3) is 5.91 Å². The van der Waals surface area contributed by atoms with E-state index in [4.69, 9.17) is 9.84 Å². The average Bonchev–Trinajstić information content (AvgIpc) is 3.15. The van der Waals surface area contributed by atoms with Gasteiger partial charge in [-0.3, -0.25) is 4.79 Å². The second kappa shape index (κ2) is 9.41. The van der Waals surface area contributed by atoms with Gasteiger partial charge in [0.05, 0.1) is 6.54 Å². The minimum atomic E-state index is -4.01. The molecular weight excluding hydrogens is 462 g/mol. The molecule has 4 rings (SSSR count). The Labute approximate surface area is 198 Å². The van der Waals surface area contributed by atoms with Crippen LogP contribution in [0.15, 0.2) is 66.7 Å². The molecule has 0 aromatic heterocycles. The Morgan fingerprint density at radius 1 is 0.943 bits per heavy atom. The highest BCUT2D eigenvalue weighted by molar-refractivity contribution is 5.98. The van der Waals surface area contributed by atoms with Crippen LogP contribution in [0, 0.1) is 0 Å². The van der Waals surface area contributed by atoms with Gasteiger partial charge in [0, 0.05) is 17.7 Å². The number of nitrogens with one attached hydrogen (secondary N) is 2. The largest absolute Gasteiger partial charge is 0.507 e. The number of alkyl carbamates (subject to hydrolysis) is 1. The summed E-state index contributed by atoms with van der Waals surface area (Å²) >= 11 is 0. The number of hydrogen-bond donors (Lipinski definition) is 4. The van der Waals surface area contributed by atoms with Crippen molar-refractivity contribution in [1.82, 2.24) is 5.32 Å². The fraction of sp³-hybridized carbons (Fsp3) is 0.160. The summed E-state index contributed by atoms with van der Waals surface area (Å²) in [5.74, 6) is -8.13. The van der Waals surface area contributed by atoms with Gasteiger partial charge in [0.15, 0.2) is 0 Å². The Morgan fingerprint density at radius 2 is 1.54 bits per heavy atom. The van der Waals surface area contributed by atoms with E-state index in [0.29, 0.717) is 0 Å².